The highest BCUT2D eigenvalue weighted by molar-refractivity contribution is 7.80. The Morgan fingerprint density at radius 2 is 2.00 bits per heavy atom. The van der Waals surface area contributed by atoms with Gasteiger partial charge in [-0.3, -0.25) is 0 Å². The maximum absolute atomic E-state index is 12.7. The van der Waals surface area contributed by atoms with Crippen molar-refractivity contribution in [1.29, 1.82) is 0 Å². The van der Waals surface area contributed by atoms with Gasteiger partial charge in [-0.25, -0.2) is 4.39 Å². The van der Waals surface area contributed by atoms with E-state index in [1.165, 1.54) is 12.1 Å². The maximum atomic E-state index is 12.7. The summed E-state index contributed by atoms with van der Waals surface area (Å²) in [4.78, 5) is 0.542. The van der Waals surface area contributed by atoms with Crippen LogP contribution in [0.2, 0.25) is 0 Å². The third kappa shape index (κ3) is 2.92. The number of hydrogen-bond donors (Lipinski definition) is 1. The summed E-state index contributed by atoms with van der Waals surface area (Å²) in [6.07, 6.45) is 2.95. The monoisotopic (exact) mass is 239 g/mol. The molecule has 2 N–H and O–H groups in total. The zero-order valence-electron chi connectivity index (χ0n) is 8.91. The van der Waals surface area contributed by atoms with Crippen LogP contribution < -0.4 is 10.5 Å². The van der Waals surface area contributed by atoms with Gasteiger partial charge < -0.3 is 10.5 Å². The molecule has 86 valence electrons. The van der Waals surface area contributed by atoms with Crippen molar-refractivity contribution in [2.75, 3.05) is 6.61 Å². The molecule has 1 aliphatic rings. The molecular weight excluding hydrogens is 225 g/mol. The molecule has 0 radical (unpaired) electrons. The highest BCUT2D eigenvalue weighted by Gasteiger charge is 2.43. The standard InChI is InChI=1S/C12H14FNOS/c13-9-1-3-10(4-2-9)15-8-12(5-6-12)7-11(14)16/h1-4H,5-8H2,(H2,14,16). The van der Waals surface area contributed by atoms with E-state index in [9.17, 15) is 4.39 Å². The average Bonchev–Trinajstić information content (AvgIpc) is 2.97. The molecule has 1 aliphatic carbocycles. The molecule has 1 aromatic rings. The molecule has 2 nitrogen and oxygen atoms in total. The van der Waals surface area contributed by atoms with Crippen LogP contribution in [0.5, 0.6) is 5.75 Å². The molecule has 0 saturated heterocycles. The third-order valence-electron chi connectivity index (χ3n) is 2.86. The second kappa shape index (κ2) is 4.37. The van der Waals surface area contributed by atoms with Gasteiger partial charge in [0, 0.05) is 11.8 Å². The Hall–Kier alpha value is -1.16. The van der Waals surface area contributed by atoms with Gasteiger partial charge in [-0.2, -0.15) is 0 Å². The summed E-state index contributed by atoms with van der Waals surface area (Å²) in [5.41, 5.74) is 5.67. The minimum atomic E-state index is -0.253. The molecule has 0 aliphatic heterocycles. The van der Waals surface area contributed by atoms with E-state index in [0.29, 0.717) is 17.3 Å². The number of rotatable bonds is 5. The van der Waals surface area contributed by atoms with Crippen LogP contribution in [0.25, 0.3) is 0 Å². The summed E-state index contributed by atoms with van der Waals surface area (Å²) >= 11 is 4.90. The summed E-state index contributed by atoms with van der Waals surface area (Å²) < 4.78 is 18.3. The van der Waals surface area contributed by atoms with E-state index in [2.05, 4.69) is 0 Å². The second-order valence-corrected chi connectivity index (χ2v) is 4.91. The Balaban J connectivity index is 1.87. The van der Waals surface area contributed by atoms with Gasteiger partial charge in [0.15, 0.2) is 0 Å². The van der Waals surface area contributed by atoms with Gasteiger partial charge in [-0.1, -0.05) is 12.2 Å². The molecule has 1 saturated carbocycles. The summed E-state index contributed by atoms with van der Waals surface area (Å²) in [5.74, 6) is 0.437. The summed E-state index contributed by atoms with van der Waals surface area (Å²) in [6.45, 7) is 0.607. The van der Waals surface area contributed by atoms with Crippen molar-refractivity contribution < 1.29 is 9.13 Å². The second-order valence-electron chi connectivity index (χ2n) is 4.39. The molecule has 0 aromatic heterocycles. The third-order valence-corrected chi connectivity index (χ3v) is 3.01. The quantitative estimate of drug-likeness (QED) is 0.802. The number of halogens is 1. The Bertz CT molecular complexity index is 387. The van der Waals surface area contributed by atoms with E-state index in [4.69, 9.17) is 22.7 Å². The van der Waals surface area contributed by atoms with Crippen molar-refractivity contribution in [3.8, 4) is 5.75 Å². The Morgan fingerprint density at radius 3 is 2.50 bits per heavy atom. The summed E-state index contributed by atoms with van der Waals surface area (Å²) in [6, 6.07) is 6.04. The van der Waals surface area contributed by atoms with Crippen LogP contribution >= 0.6 is 12.2 Å². The highest BCUT2D eigenvalue weighted by Crippen LogP contribution is 2.48. The average molecular weight is 239 g/mol. The van der Waals surface area contributed by atoms with Crippen LogP contribution in [0.3, 0.4) is 0 Å². The Kier molecular flexibility index (Phi) is 3.10. The molecule has 2 rings (SSSR count). The lowest BCUT2D eigenvalue weighted by molar-refractivity contribution is 0.239. The lowest BCUT2D eigenvalue weighted by atomic mass is 10.0. The first-order valence-corrected chi connectivity index (χ1v) is 5.67. The number of benzene rings is 1. The van der Waals surface area contributed by atoms with Gasteiger partial charge in [-0.05, 0) is 37.1 Å². The zero-order valence-corrected chi connectivity index (χ0v) is 9.73. The SMILES string of the molecule is NC(=S)CC1(COc2ccc(F)cc2)CC1. The van der Waals surface area contributed by atoms with Crippen LogP contribution in [0.4, 0.5) is 4.39 Å². The van der Waals surface area contributed by atoms with Crippen LogP contribution in [0, 0.1) is 11.2 Å². The molecule has 0 heterocycles. The maximum Gasteiger partial charge on any atom is 0.123 e. The number of hydrogen-bond acceptors (Lipinski definition) is 2. The van der Waals surface area contributed by atoms with Crippen LogP contribution in [-0.4, -0.2) is 11.6 Å². The normalized spacial score (nSPS) is 16.8. The minimum absolute atomic E-state index is 0.139. The van der Waals surface area contributed by atoms with Crippen LogP contribution in [0.15, 0.2) is 24.3 Å². The van der Waals surface area contributed by atoms with E-state index >= 15 is 0 Å². The predicted molar refractivity (Wildman–Crippen MR) is 65.0 cm³/mol. The smallest absolute Gasteiger partial charge is 0.123 e. The van der Waals surface area contributed by atoms with Crippen molar-refractivity contribution in [2.24, 2.45) is 11.1 Å². The Labute approximate surface area is 99.6 Å². The van der Waals surface area contributed by atoms with Crippen molar-refractivity contribution in [2.45, 2.75) is 19.3 Å². The largest absolute Gasteiger partial charge is 0.493 e. The topological polar surface area (TPSA) is 35.2 Å². The predicted octanol–water partition coefficient (Wildman–Crippen LogP) is 2.66. The molecular formula is C12H14FNOS. The lowest BCUT2D eigenvalue weighted by Gasteiger charge is -2.15. The van der Waals surface area contributed by atoms with Crippen molar-refractivity contribution in [1.82, 2.24) is 0 Å². The van der Waals surface area contributed by atoms with Crippen molar-refractivity contribution in [3.63, 3.8) is 0 Å². The molecule has 0 unspecified atom stereocenters. The van der Waals surface area contributed by atoms with Crippen LogP contribution in [0.1, 0.15) is 19.3 Å². The molecule has 16 heavy (non-hydrogen) atoms. The van der Waals surface area contributed by atoms with Gasteiger partial charge in [0.1, 0.15) is 11.6 Å². The van der Waals surface area contributed by atoms with Gasteiger partial charge in [0.25, 0.3) is 0 Å². The number of nitrogens with two attached hydrogens (primary N) is 1. The van der Waals surface area contributed by atoms with Crippen molar-refractivity contribution >= 4 is 17.2 Å². The highest BCUT2D eigenvalue weighted by atomic mass is 32.1. The molecule has 1 aromatic carbocycles. The number of thiocarbonyl (C=S) groups is 1. The lowest BCUT2D eigenvalue weighted by Crippen LogP contribution is -2.20. The van der Waals surface area contributed by atoms with E-state index < -0.39 is 0 Å². The van der Waals surface area contributed by atoms with Gasteiger partial charge in [-0.15, -0.1) is 0 Å². The first kappa shape index (κ1) is 11.3. The first-order valence-electron chi connectivity index (χ1n) is 5.26. The van der Waals surface area contributed by atoms with Gasteiger partial charge in [0.2, 0.25) is 0 Å². The summed E-state index contributed by atoms with van der Waals surface area (Å²) in [7, 11) is 0. The fourth-order valence-corrected chi connectivity index (χ4v) is 1.99. The fraction of sp³-hybridized carbons (Fsp3) is 0.417. The molecule has 0 amide bonds. The first-order chi connectivity index (χ1) is 7.60. The van der Waals surface area contributed by atoms with Gasteiger partial charge >= 0.3 is 0 Å². The van der Waals surface area contributed by atoms with Crippen molar-refractivity contribution in [3.05, 3.63) is 30.1 Å². The van der Waals surface area contributed by atoms with E-state index in [-0.39, 0.29) is 11.2 Å². The fourth-order valence-electron chi connectivity index (χ4n) is 1.69. The van der Waals surface area contributed by atoms with Gasteiger partial charge in [0.05, 0.1) is 11.6 Å². The molecule has 0 spiro atoms. The molecule has 0 atom stereocenters. The van der Waals surface area contributed by atoms with E-state index in [0.717, 1.165) is 19.3 Å². The zero-order chi connectivity index (χ0) is 11.6. The van der Waals surface area contributed by atoms with E-state index in [1.54, 1.807) is 12.1 Å². The minimum Gasteiger partial charge on any atom is -0.493 e. The molecule has 4 heteroatoms. The molecule has 0 bridgehead atoms. The van der Waals surface area contributed by atoms with Crippen LogP contribution in [-0.2, 0) is 0 Å². The summed E-state index contributed by atoms with van der Waals surface area (Å²) in [5, 5.41) is 0. The molecule has 1 fully saturated rings. The Morgan fingerprint density at radius 1 is 1.38 bits per heavy atom. The number of ether oxygens (including phenoxy) is 1. The van der Waals surface area contributed by atoms with E-state index in [1.807, 2.05) is 0 Å².